The van der Waals surface area contributed by atoms with Crippen molar-refractivity contribution in [3.8, 4) is 11.3 Å². The minimum Gasteiger partial charge on any atom is -0.616 e. The molecule has 0 radical (unpaired) electrons. The second kappa shape index (κ2) is 6.85. The quantitative estimate of drug-likeness (QED) is 0.728. The maximum Gasteiger partial charge on any atom is 0.154 e. The number of nitrogens with one attached hydrogen (secondary N) is 1. The molecule has 7 heteroatoms. The minimum atomic E-state index is -0.658. The molecular weight excluding hydrogens is 334 g/mol. The lowest BCUT2D eigenvalue weighted by atomic mass is 10.1. The number of nitrogens with zero attached hydrogens (tertiary/aromatic N) is 4. The Kier molecular flexibility index (Phi) is 4.42. The predicted molar refractivity (Wildman–Crippen MR) is 102 cm³/mol. The van der Waals surface area contributed by atoms with Gasteiger partial charge >= 0.3 is 0 Å². The van der Waals surface area contributed by atoms with E-state index in [1.165, 1.54) is 0 Å². The summed E-state index contributed by atoms with van der Waals surface area (Å²) in [7, 11) is 1.84. The second-order valence-electron chi connectivity index (χ2n) is 5.91. The molecule has 0 atom stereocenters. The molecule has 1 saturated heterocycles. The summed E-state index contributed by atoms with van der Waals surface area (Å²) >= 11 is -0.658. The van der Waals surface area contributed by atoms with Gasteiger partial charge in [0.1, 0.15) is 17.0 Å². The average Bonchev–Trinajstić information content (AvgIpc) is 2.68. The monoisotopic (exact) mass is 353 g/mol. The van der Waals surface area contributed by atoms with Gasteiger partial charge in [-0.1, -0.05) is 23.3 Å². The van der Waals surface area contributed by atoms with Crippen molar-refractivity contribution < 1.29 is 4.55 Å². The van der Waals surface area contributed by atoms with Crippen LogP contribution < -0.4 is 10.2 Å². The van der Waals surface area contributed by atoms with Crippen molar-refractivity contribution in [3.63, 3.8) is 0 Å². The Hall–Kier alpha value is -2.38. The molecule has 1 fully saturated rings. The van der Waals surface area contributed by atoms with E-state index in [1.54, 1.807) is 12.4 Å². The summed E-state index contributed by atoms with van der Waals surface area (Å²) in [6.07, 6.45) is 3.36. The highest BCUT2D eigenvalue weighted by molar-refractivity contribution is 7.91. The van der Waals surface area contributed by atoms with Crippen LogP contribution >= 0.6 is 0 Å². The standard InChI is InChI=1S/C18H19N5OS/c1-19-18-17-16(20-6-7-21-17)12-15(22-18)13-2-4-14(5-3-13)23-8-10-25(24)11-9-23/h2-7,12H,8-11H2,1H3,(H,19,22). The highest BCUT2D eigenvalue weighted by Crippen LogP contribution is 2.27. The molecule has 0 spiro atoms. The van der Waals surface area contributed by atoms with Crippen molar-refractivity contribution in [1.29, 1.82) is 0 Å². The number of hydrogen-bond donors (Lipinski definition) is 1. The van der Waals surface area contributed by atoms with Gasteiger partial charge < -0.3 is 14.8 Å². The summed E-state index contributed by atoms with van der Waals surface area (Å²) in [6, 6.07) is 10.3. The van der Waals surface area contributed by atoms with Crippen LogP contribution in [0.1, 0.15) is 0 Å². The molecule has 1 aliphatic rings. The first kappa shape index (κ1) is 16.1. The fraction of sp³-hybridized carbons (Fsp3) is 0.278. The topological polar surface area (TPSA) is 77.0 Å². The van der Waals surface area contributed by atoms with E-state index in [-0.39, 0.29) is 0 Å². The Morgan fingerprint density at radius 1 is 1.08 bits per heavy atom. The Balaban J connectivity index is 1.65. The normalized spacial score (nSPS) is 15.5. The number of aromatic nitrogens is 3. The Labute approximate surface area is 149 Å². The van der Waals surface area contributed by atoms with Crippen molar-refractivity contribution in [2.45, 2.75) is 0 Å². The molecule has 1 N–H and O–H groups in total. The van der Waals surface area contributed by atoms with Gasteiger partial charge in [-0.05, 0) is 18.2 Å². The van der Waals surface area contributed by atoms with E-state index >= 15 is 0 Å². The van der Waals surface area contributed by atoms with Gasteiger partial charge in [-0.2, -0.15) is 0 Å². The van der Waals surface area contributed by atoms with Crippen molar-refractivity contribution in [2.75, 3.05) is 41.9 Å². The van der Waals surface area contributed by atoms with Gasteiger partial charge in [0, 0.05) is 30.7 Å². The van der Waals surface area contributed by atoms with E-state index in [4.69, 9.17) is 0 Å². The van der Waals surface area contributed by atoms with Crippen LogP contribution in [0.2, 0.25) is 0 Å². The summed E-state index contributed by atoms with van der Waals surface area (Å²) in [6.45, 7) is 1.69. The summed E-state index contributed by atoms with van der Waals surface area (Å²) in [5.74, 6) is 2.22. The zero-order chi connectivity index (χ0) is 17.2. The molecule has 1 aromatic carbocycles. The molecule has 3 aromatic rings. The number of anilines is 2. The van der Waals surface area contributed by atoms with Gasteiger partial charge in [-0.25, -0.2) is 9.97 Å². The molecule has 0 amide bonds. The summed E-state index contributed by atoms with van der Waals surface area (Å²) < 4.78 is 11.5. The Morgan fingerprint density at radius 3 is 2.52 bits per heavy atom. The number of rotatable bonds is 3. The molecule has 128 valence electrons. The van der Waals surface area contributed by atoms with Crippen LogP contribution in [-0.4, -0.2) is 51.1 Å². The molecule has 6 nitrogen and oxygen atoms in total. The number of fused-ring (bicyclic) bond motifs is 1. The molecular formula is C18H19N5OS. The first-order chi connectivity index (χ1) is 12.2. The zero-order valence-corrected chi connectivity index (χ0v) is 14.8. The lowest BCUT2D eigenvalue weighted by Crippen LogP contribution is -2.40. The third-order valence-corrected chi connectivity index (χ3v) is 5.68. The third-order valence-electron chi connectivity index (χ3n) is 4.40. The highest BCUT2D eigenvalue weighted by atomic mass is 32.2. The van der Waals surface area contributed by atoms with Gasteiger partial charge in [0.15, 0.2) is 5.82 Å². The fourth-order valence-corrected chi connectivity index (χ4v) is 4.09. The van der Waals surface area contributed by atoms with Crippen LogP contribution in [0.5, 0.6) is 0 Å². The van der Waals surface area contributed by atoms with Crippen molar-refractivity contribution in [3.05, 3.63) is 42.7 Å². The summed E-state index contributed by atoms with van der Waals surface area (Å²) in [4.78, 5) is 15.7. The van der Waals surface area contributed by atoms with Gasteiger partial charge in [-0.3, -0.25) is 4.98 Å². The van der Waals surface area contributed by atoms with E-state index in [0.717, 1.165) is 58.4 Å². The van der Waals surface area contributed by atoms with Crippen LogP contribution in [0.15, 0.2) is 42.7 Å². The SMILES string of the molecule is CNc1nc(-c2ccc(N3CC[S+]([O-])CC3)cc2)cc2nccnc12. The van der Waals surface area contributed by atoms with Gasteiger partial charge in [-0.15, -0.1) is 0 Å². The number of benzene rings is 1. The van der Waals surface area contributed by atoms with Gasteiger partial charge in [0.25, 0.3) is 0 Å². The fourth-order valence-electron chi connectivity index (χ4n) is 3.03. The maximum absolute atomic E-state index is 11.5. The molecule has 4 rings (SSSR count). The Bertz CT molecular complexity index is 878. The van der Waals surface area contributed by atoms with E-state index in [2.05, 4.69) is 49.4 Å². The average molecular weight is 353 g/mol. The zero-order valence-electron chi connectivity index (χ0n) is 14.0. The highest BCUT2D eigenvalue weighted by Gasteiger charge is 2.19. The second-order valence-corrected chi connectivity index (χ2v) is 7.61. The van der Waals surface area contributed by atoms with E-state index in [0.29, 0.717) is 0 Å². The number of hydrogen-bond acceptors (Lipinski definition) is 6. The molecule has 2 aromatic heterocycles. The van der Waals surface area contributed by atoms with Crippen molar-refractivity contribution in [2.24, 2.45) is 0 Å². The maximum atomic E-state index is 11.5. The van der Waals surface area contributed by atoms with E-state index < -0.39 is 11.2 Å². The van der Waals surface area contributed by atoms with Gasteiger partial charge in [0.2, 0.25) is 0 Å². The molecule has 0 aliphatic carbocycles. The first-order valence-corrected chi connectivity index (χ1v) is 9.73. The van der Waals surface area contributed by atoms with E-state index in [1.807, 2.05) is 13.1 Å². The predicted octanol–water partition coefficient (Wildman–Crippen LogP) is 2.30. The Morgan fingerprint density at radius 2 is 1.80 bits per heavy atom. The van der Waals surface area contributed by atoms with Crippen LogP contribution in [0.4, 0.5) is 11.5 Å². The lowest BCUT2D eigenvalue weighted by molar-refractivity contribution is 0.586. The van der Waals surface area contributed by atoms with E-state index in [9.17, 15) is 4.55 Å². The minimum absolute atomic E-state index is 0.658. The molecule has 1 aliphatic heterocycles. The molecule has 0 unspecified atom stereocenters. The van der Waals surface area contributed by atoms with Crippen LogP contribution in [0, 0.1) is 0 Å². The van der Waals surface area contributed by atoms with Crippen LogP contribution in [-0.2, 0) is 11.2 Å². The van der Waals surface area contributed by atoms with Crippen LogP contribution in [0.3, 0.4) is 0 Å². The third kappa shape index (κ3) is 3.25. The van der Waals surface area contributed by atoms with Gasteiger partial charge in [0.05, 0.1) is 24.3 Å². The lowest BCUT2D eigenvalue weighted by Gasteiger charge is -2.30. The molecule has 0 bridgehead atoms. The largest absolute Gasteiger partial charge is 0.616 e. The summed E-state index contributed by atoms with van der Waals surface area (Å²) in [5, 5.41) is 3.10. The molecule has 0 saturated carbocycles. The summed E-state index contributed by atoms with van der Waals surface area (Å²) in [5.41, 5.74) is 4.65. The molecule has 25 heavy (non-hydrogen) atoms. The van der Waals surface area contributed by atoms with Crippen molar-refractivity contribution >= 4 is 33.7 Å². The molecule has 3 heterocycles. The van der Waals surface area contributed by atoms with Crippen LogP contribution in [0.25, 0.3) is 22.3 Å². The first-order valence-electron chi connectivity index (χ1n) is 8.24. The van der Waals surface area contributed by atoms with Crippen molar-refractivity contribution in [1.82, 2.24) is 15.0 Å². The smallest absolute Gasteiger partial charge is 0.154 e. The number of pyridine rings is 1.